The summed E-state index contributed by atoms with van der Waals surface area (Å²) >= 11 is 5.13. The molecule has 0 spiro atoms. The van der Waals surface area contributed by atoms with E-state index in [2.05, 4.69) is 10.6 Å². The first-order valence-electron chi connectivity index (χ1n) is 6.26. The molecule has 1 aromatic rings. The van der Waals surface area contributed by atoms with Crippen molar-refractivity contribution >= 4 is 34.4 Å². The van der Waals surface area contributed by atoms with E-state index in [0.29, 0.717) is 17.3 Å². The normalized spacial score (nSPS) is 17.7. The van der Waals surface area contributed by atoms with Gasteiger partial charge < -0.3 is 21.1 Å². The summed E-state index contributed by atoms with van der Waals surface area (Å²) in [5, 5.41) is 17.1. The van der Waals surface area contributed by atoms with E-state index >= 15 is 0 Å². The molecule has 8 heteroatoms. The molecule has 0 amide bonds. The molecule has 0 radical (unpaired) electrons. The Morgan fingerprint density at radius 2 is 2.40 bits per heavy atom. The largest absolute Gasteiger partial charge is 0.393 e. The van der Waals surface area contributed by atoms with Gasteiger partial charge in [0, 0.05) is 24.9 Å². The van der Waals surface area contributed by atoms with Gasteiger partial charge in [0.15, 0.2) is 5.11 Å². The lowest BCUT2D eigenvalue weighted by Gasteiger charge is -2.14. The van der Waals surface area contributed by atoms with Gasteiger partial charge in [-0.2, -0.15) is 0 Å². The molecule has 108 valence electrons. The first kappa shape index (κ1) is 14.5. The summed E-state index contributed by atoms with van der Waals surface area (Å²) < 4.78 is 5.46. The number of ether oxygens (including phenoxy) is 1. The highest BCUT2D eigenvalue weighted by molar-refractivity contribution is 7.80. The SMILES string of the molecule is Nc1ccc(NC(=S)NC[C@@H]2CCCO2)cc1[N+](=O)[O-]. The van der Waals surface area contributed by atoms with Crippen LogP contribution in [0, 0.1) is 10.1 Å². The van der Waals surface area contributed by atoms with Gasteiger partial charge in [0.1, 0.15) is 5.69 Å². The summed E-state index contributed by atoms with van der Waals surface area (Å²) in [4.78, 5) is 10.3. The Balaban J connectivity index is 1.90. The van der Waals surface area contributed by atoms with Crippen LogP contribution >= 0.6 is 12.2 Å². The first-order chi connectivity index (χ1) is 9.56. The predicted octanol–water partition coefficient (Wildman–Crippen LogP) is 1.64. The first-order valence-corrected chi connectivity index (χ1v) is 6.67. The highest BCUT2D eigenvalue weighted by Gasteiger charge is 2.16. The Hall–Kier alpha value is -1.93. The maximum atomic E-state index is 10.8. The monoisotopic (exact) mass is 296 g/mol. The van der Waals surface area contributed by atoms with E-state index in [1.165, 1.54) is 12.1 Å². The molecule has 1 aliphatic heterocycles. The van der Waals surface area contributed by atoms with Crippen molar-refractivity contribution in [2.75, 3.05) is 24.2 Å². The standard InChI is InChI=1S/C12H16N4O3S/c13-10-4-3-8(6-11(10)16(17)18)15-12(20)14-7-9-2-1-5-19-9/h3-4,6,9H,1-2,5,7,13H2,(H2,14,15,20)/t9-/m0/s1. The number of hydrogen-bond acceptors (Lipinski definition) is 5. The Morgan fingerprint density at radius 1 is 1.60 bits per heavy atom. The molecule has 1 fully saturated rings. The van der Waals surface area contributed by atoms with Crippen molar-refractivity contribution in [1.29, 1.82) is 0 Å². The molecule has 0 aliphatic carbocycles. The summed E-state index contributed by atoms with van der Waals surface area (Å²) in [7, 11) is 0. The van der Waals surface area contributed by atoms with Crippen molar-refractivity contribution in [3.05, 3.63) is 28.3 Å². The zero-order valence-corrected chi connectivity index (χ0v) is 11.6. The lowest BCUT2D eigenvalue weighted by atomic mass is 10.2. The Morgan fingerprint density at radius 3 is 3.05 bits per heavy atom. The minimum Gasteiger partial charge on any atom is -0.393 e. The molecule has 1 heterocycles. The van der Waals surface area contributed by atoms with Gasteiger partial charge in [-0.3, -0.25) is 10.1 Å². The Kier molecular flexibility index (Phi) is 4.70. The van der Waals surface area contributed by atoms with Crippen molar-refractivity contribution in [2.45, 2.75) is 18.9 Å². The van der Waals surface area contributed by atoms with Crippen molar-refractivity contribution in [3.8, 4) is 0 Å². The lowest BCUT2D eigenvalue weighted by Crippen LogP contribution is -2.34. The fourth-order valence-electron chi connectivity index (χ4n) is 1.97. The van der Waals surface area contributed by atoms with E-state index in [0.717, 1.165) is 19.4 Å². The molecular formula is C12H16N4O3S. The molecule has 1 saturated heterocycles. The Bertz CT molecular complexity index is 517. The van der Waals surface area contributed by atoms with Gasteiger partial charge in [0.05, 0.1) is 11.0 Å². The van der Waals surface area contributed by atoms with Gasteiger partial charge in [-0.1, -0.05) is 0 Å². The molecule has 0 saturated carbocycles. The maximum Gasteiger partial charge on any atom is 0.294 e. The molecule has 4 N–H and O–H groups in total. The minimum absolute atomic E-state index is 0.124. The highest BCUT2D eigenvalue weighted by atomic mass is 32.1. The minimum atomic E-state index is -0.524. The number of nitrogens with two attached hydrogens (primary N) is 1. The Labute approximate surface area is 121 Å². The zero-order valence-electron chi connectivity index (χ0n) is 10.8. The average Bonchev–Trinajstić information content (AvgIpc) is 2.91. The summed E-state index contributed by atoms with van der Waals surface area (Å²) in [6.45, 7) is 1.42. The second-order valence-electron chi connectivity index (χ2n) is 4.50. The van der Waals surface area contributed by atoms with Crippen LogP contribution in [0.15, 0.2) is 18.2 Å². The number of nitro groups is 1. The van der Waals surface area contributed by atoms with Gasteiger partial charge in [-0.25, -0.2) is 0 Å². The molecule has 0 aromatic heterocycles. The summed E-state index contributed by atoms with van der Waals surface area (Å²) in [5.41, 5.74) is 6.03. The maximum absolute atomic E-state index is 10.8. The molecule has 1 atom stereocenters. The third-order valence-corrected chi connectivity index (χ3v) is 3.25. The predicted molar refractivity (Wildman–Crippen MR) is 80.7 cm³/mol. The van der Waals surface area contributed by atoms with Crippen LogP contribution in [-0.2, 0) is 4.74 Å². The third-order valence-electron chi connectivity index (χ3n) is 3.00. The van der Waals surface area contributed by atoms with E-state index in [-0.39, 0.29) is 17.5 Å². The lowest BCUT2D eigenvalue weighted by molar-refractivity contribution is -0.383. The summed E-state index contributed by atoms with van der Waals surface area (Å²) in [6, 6.07) is 4.47. The van der Waals surface area contributed by atoms with Crippen LogP contribution in [0.4, 0.5) is 17.1 Å². The van der Waals surface area contributed by atoms with Crippen LogP contribution in [0.3, 0.4) is 0 Å². The van der Waals surface area contributed by atoms with E-state index in [9.17, 15) is 10.1 Å². The quantitative estimate of drug-likeness (QED) is 0.336. The second-order valence-corrected chi connectivity index (χ2v) is 4.91. The van der Waals surface area contributed by atoms with Gasteiger partial charge in [0.25, 0.3) is 5.69 Å². The van der Waals surface area contributed by atoms with Gasteiger partial charge in [-0.15, -0.1) is 0 Å². The number of nitrogens with zero attached hydrogens (tertiary/aromatic N) is 1. The fraction of sp³-hybridized carbons (Fsp3) is 0.417. The molecule has 1 aliphatic rings. The van der Waals surface area contributed by atoms with Crippen LogP contribution in [0.2, 0.25) is 0 Å². The molecule has 20 heavy (non-hydrogen) atoms. The molecule has 7 nitrogen and oxygen atoms in total. The third kappa shape index (κ3) is 3.78. The smallest absolute Gasteiger partial charge is 0.294 e. The van der Waals surface area contributed by atoms with Crippen molar-refractivity contribution < 1.29 is 9.66 Å². The van der Waals surface area contributed by atoms with Crippen LogP contribution < -0.4 is 16.4 Å². The topological polar surface area (TPSA) is 102 Å². The average molecular weight is 296 g/mol. The van der Waals surface area contributed by atoms with Crippen molar-refractivity contribution in [1.82, 2.24) is 5.32 Å². The summed E-state index contributed by atoms with van der Waals surface area (Å²) in [5.74, 6) is 0. The number of benzene rings is 1. The highest BCUT2D eigenvalue weighted by Crippen LogP contribution is 2.24. The van der Waals surface area contributed by atoms with Crippen LogP contribution in [-0.4, -0.2) is 29.3 Å². The van der Waals surface area contributed by atoms with Gasteiger partial charge >= 0.3 is 0 Å². The van der Waals surface area contributed by atoms with Crippen molar-refractivity contribution in [2.24, 2.45) is 0 Å². The van der Waals surface area contributed by atoms with Crippen LogP contribution in [0.1, 0.15) is 12.8 Å². The number of nitrogen functional groups attached to an aromatic ring is 1. The number of thiocarbonyl (C=S) groups is 1. The number of hydrogen-bond donors (Lipinski definition) is 3. The zero-order chi connectivity index (χ0) is 14.5. The number of rotatable bonds is 4. The van der Waals surface area contributed by atoms with E-state index in [1.807, 2.05) is 0 Å². The molecular weight excluding hydrogens is 280 g/mol. The molecule has 2 rings (SSSR count). The van der Waals surface area contributed by atoms with Crippen molar-refractivity contribution in [3.63, 3.8) is 0 Å². The fourth-order valence-corrected chi connectivity index (χ4v) is 2.17. The molecule has 0 bridgehead atoms. The van der Waals surface area contributed by atoms with Crippen LogP contribution in [0.5, 0.6) is 0 Å². The second kappa shape index (κ2) is 6.49. The van der Waals surface area contributed by atoms with E-state index < -0.39 is 4.92 Å². The number of nitro benzene ring substituents is 1. The van der Waals surface area contributed by atoms with Gasteiger partial charge in [0.2, 0.25) is 0 Å². The number of anilines is 2. The van der Waals surface area contributed by atoms with E-state index in [4.69, 9.17) is 22.7 Å². The number of nitrogens with one attached hydrogen (secondary N) is 2. The summed E-state index contributed by atoms with van der Waals surface area (Å²) in [6.07, 6.45) is 2.26. The van der Waals surface area contributed by atoms with Crippen LogP contribution in [0.25, 0.3) is 0 Å². The van der Waals surface area contributed by atoms with Gasteiger partial charge in [-0.05, 0) is 37.2 Å². The molecule has 1 aromatic carbocycles. The van der Waals surface area contributed by atoms with E-state index in [1.54, 1.807) is 6.07 Å². The molecule has 0 unspecified atom stereocenters.